The van der Waals surface area contributed by atoms with Gasteiger partial charge < -0.3 is 4.43 Å². The van der Waals surface area contributed by atoms with Crippen LogP contribution in [0, 0.1) is 0 Å². The topological polar surface area (TPSA) is 9.23 Å². The summed E-state index contributed by atoms with van der Waals surface area (Å²) >= 11 is 0. The third-order valence-corrected chi connectivity index (χ3v) is 1.43. The van der Waals surface area contributed by atoms with E-state index in [-0.39, 0.29) is 6.61 Å². The smallest absolute Gasteiger partial charge is 0.391 e. The first-order valence-corrected chi connectivity index (χ1v) is 4.70. The van der Waals surface area contributed by atoms with Crippen LogP contribution in [0.4, 0.5) is 13.2 Å². The van der Waals surface area contributed by atoms with Gasteiger partial charge in [0.1, 0.15) is 0 Å². The molecule has 0 amide bonds. The van der Waals surface area contributed by atoms with Crippen LogP contribution >= 0.6 is 0 Å². The van der Waals surface area contributed by atoms with E-state index < -0.39 is 22.4 Å². The average molecular weight is 158 g/mol. The van der Waals surface area contributed by atoms with Crippen molar-refractivity contribution in [3.8, 4) is 0 Å². The number of alkyl halides is 3. The zero-order valence-corrected chi connectivity index (χ0v) is 6.58. The molecule has 0 heterocycles. The SMILES string of the molecule is C[SiH2]OCCC(F)(F)F. The zero-order chi connectivity index (χ0) is 7.33. The second-order valence-electron chi connectivity index (χ2n) is 1.56. The summed E-state index contributed by atoms with van der Waals surface area (Å²) < 4.78 is 38.6. The monoisotopic (exact) mass is 158 g/mol. The van der Waals surface area contributed by atoms with Crippen molar-refractivity contribution in [1.29, 1.82) is 0 Å². The highest BCUT2D eigenvalue weighted by Crippen LogP contribution is 2.18. The lowest BCUT2D eigenvalue weighted by Crippen LogP contribution is -2.11. The summed E-state index contributed by atoms with van der Waals surface area (Å²) in [5.41, 5.74) is 0. The molecule has 0 rings (SSSR count). The van der Waals surface area contributed by atoms with E-state index in [1.165, 1.54) is 0 Å². The molecule has 0 fully saturated rings. The van der Waals surface area contributed by atoms with Gasteiger partial charge in [0.25, 0.3) is 0 Å². The van der Waals surface area contributed by atoms with Gasteiger partial charge in [-0.05, 0) is 0 Å². The van der Waals surface area contributed by atoms with Crippen LogP contribution in [0.5, 0.6) is 0 Å². The van der Waals surface area contributed by atoms with Gasteiger partial charge >= 0.3 is 6.18 Å². The number of halogens is 3. The Balaban J connectivity index is 3.07. The van der Waals surface area contributed by atoms with Crippen LogP contribution in [-0.4, -0.2) is 22.5 Å². The fourth-order valence-corrected chi connectivity index (χ4v) is 0.765. The molecule has 0 saturated carbocycles. The molecule has 0 atom stereocenters. The van der Waals surface area contributed by atoms with E-state index in [4.69, 9.17) is 0 Å². The molecule has 56 valence electrons. The Kier molecular flexibility index (Phi) is 3.88. The Bertz CT molecular complexity index is 72.7. The molecule has 0 aliphatic carbocycles. The molecular weight excluding hydrogens is 149 g/mol. The van der Waals surface area contributed by atoms with Gasteiger partial charge in [-0.25, -0.2) is 0 Å². The van der Waals surface area contributed by atoms with E-state index in [0.29, 0.717) is 0 Å². The maximum Gasteiger partial charge on any atom is 0.391 e. The summed E-state index contributed by atoms with van der Waals surface area (Å²) in [6.07, 6.45) is -4.86. The summed E-state index contributed by atoms with van der Waals surface area (Å²) in [7, 11) is -0.655. The molecule has 0 radical (unpaired) electrons. The molecule has 0 bridgehead atoms. The van der Waals surface area contributed by atoms with Crippen LogP contribution in [0.3, 0.4) is 0 Å². The number of rotatable bonds is 3. The van der Waals surface area contributed by atoms with Crippen molar-refractivity contribution in [2.75, 3.05) is 6.61 Å². The third kappa shape index (κ3) is 7.97. The van der Waals surface area contributed by atoms with Crippen LogP contribution < -0.4 is 0 Å². The average Bonchev–Trinajstić information content (AvgIpc) is 1.63. The first-order valence-electron chi connectivity index (χ1n) is 2.70. The van der Waals surface area contributed by atoms with E-state index in [1.54, 1.807) is 6.55 Å². The predicted octanol–water partition coefficient (Wildman–Crippen LogP) is 1.09. The van der Waals surface area contributed by atoms with Crippen molar-refractivity contribution in [3.05, 3.63) is 0 Å². The van der Waals surface area contributed by atoms with Crippen molar-refractivity contribution in [2.24, 2.45) is 0 Å². The highest BCUT2D eigenvalue weighted by Gasteiger charge is 2.25. The fourth-order valence-electron chi connectivity index (χ4n) is 0.332. The van der Waals surface area contributed by atoms with E-state index >= 15 is 0 Å². The number of hydrogen-bond acceptors (Lipinski definition) is 1. The maximum atomic E-state index is 11.3. The van der Waals surface area contributed by atoms with Gasteiger partial charge in [-0.2, -0.15) is 13.2 Å². The zero-order valence-electron chi connectivity index (χ0n) is 5.16. The minimum atomic E-state index is -4.05. The highest BCUT2D eigenvalue weighted by atomic mass is 28.2. The van der Waals surface area contributed by atoms with Crippen LogP contribution in [0.25, 0.3) is 0 Å². The molecule has 0 spiro atoms. The molecule has 0 unspecified atom stereocenters. The van der Waals surface area contributed by atoms with Gasteiger partial charge in [0, 0.05) is 6.61 Å². The molecule has 5 heteroatoms. The molecule has 0 aromatic rings. The van der Waals surface area contributed by atoms with E-state index in [9.17, 15) is 13.2 Å². The van der Waals surface area contributed by atoms with E-state index in [0.717, 1.165) is 0 Å². The summed E-state index contributed by atoms with van der Waals surface area (Å²) in [5, 5.41) is 0. The van der Waals surface area contributed by atoms with Crippen molar-refractivity contribution >= 4 is 9.76 Å². The number of hydrogen-bond donors (Lipinski definition) is 0. The van der Waals surface area contributed by atoms with Crippen molar-refractivity contribution in [1.82, 2.24) is 0 Å². The van der Waals surface area contributed by atoms with Crippen LogP contribution in [0.2, 0.25) is 6.55 Å². The van der Waals surface area contributed by atoms with E-state index in [2.05, 4.69) is 4.43 Å². The normalized spacial score (nSPS) is 13.3. The van der Waals surface area contributed by atoms with Crippen LogP contribution in [0.1, 0.15) is 6.42 Å². The summed E-state index contributed by atoms with van der Waals surface area (Å²) in [5.74, 6) is 0. The van der Waals surface area contributed by atoms with E-state index in [1.807, 2.05) is 0 Å². The first kappa shape index (κ1) is 8.97. The molecular formula is C4H9F3OSi. The van der Waals surface area contributed by atoms with Gasteiger partial charge in [-0.3, -0.25) is 0 Å². The second-order valence-corrected chi connectivity index (χ2v) is 2.55. The van der Waals surface area contributed by atoms with Gasteiger partial charge in [0.2, 0.25) is 0 Å². The molecule has 9 heavy (non-hydrogen) atoms. The van der Waals surface area contributed by atoms with Gasteiger partial charge in [0.15, 0.2) is 9.76 Å². The Morgan fingerprint density at radius 1 is 1.44 bits per heavy atom. The quantitative estimate of drug-likeness (QED) is 0.441. The Labute approximate surface area is 54.1 Å². The Hall–Kier alpha value is -0.0331. The van der Waals surface area contributed by atoms with Crippen LogP contribution in [-0.2, 0) is 4.43 Å². The lowest BCUT2D eigenvalue weighted by atomic mass is 10.5. The standard InChI is InChI=1S/C4H9F3OSi/c1-9-8-3-2-4(5,6)7/h2-3,9H2,1H3. The Morgan fingerprint density at radius 2 is 2.00 bits per heavy atom. The molecule has 0 aliphatic heterocycles. The molecule has 0 aromatic heterocycles. The van der Waals surface area contributed by atoms with Crippen molar-refractivity contribution in [2.45, 2.75) is 19.1 Å². The highest BCUT2D eigenvalue weighted by molar-refractivity contribution is 6.24. The van der Waals surface area contributed by atoms with Crippen LogP contribution in [0.15, 0.2) is 0 Å². The maximum absolute atomic E-state index is 11.3. The first-order chi connectivity index (χ1) is 4.06. The fraction of sp³-hybridized carbons (Fsp3) is 1.00. The minimum Gasteiger partial charge on any atom is -0.424 e. The van der Waals surface area contributed by atoms with Gasteiger partial charge in [-0.15, -0.1) is 0 Å². The summed E-state index contributed by atoms with van der Waals surface area (Å²) in [6.45, 7) is 1.64. The lowest BCUT2D eigenvalue weighted by molar-refractivity contribution is -0.139. The molecule has 0 N–H and O–H groups in total. The van der Waals surface area contributed by atoms with Crippen molar-refractivity contribution < 1.29 is 17.6 Å². The molecule has 0 aromatic carbocycles. The minimum absolute atomic E-state index is 0.160. The molecule has 1 nitrogen and oxygen atoms in total. The summed E-state index contributed by atoms with van der Waals surface area (Å²) in [6, 6.07) is 0. The second kappa shape index (κ2) is 3.89. The molecule has 0 aliphatic rings. The molecule has 0 saturated heterocycles. The van der Waals surface area contributed by atoms with Crippen molar-refractivity contribution in [3.63, 3.8) is 0 Å². The van der Waals surface area contributed by atoms with Gasteiger partial charge in [0.05, 0.1) is 6.42 Å². The third-order valence-electron chi connectivity index (χ3n) is 0.734. The predicted molar refractivity (Wildman–Crippen MR) is 31.0 cm³/mol. The largest absolute Gasteiger partial charge is 0.424 e. The lowest BCUT2D eigenvalue weighted by Gasteiger charge is -2.04. The summed E-state index contributed by atoms with van der Waals surface area (Å²) in [4.78, 5) is 0. The van der Waals surface area contributed by atoms with Gasteiger partial charge in [-0.1, -0.05) is 6.55 Å². The Morgan fingerprint density at radius 3 is 2.33 bits per heavy atom.